The molecule has 2 aromatic carbocycles. The summed E-state index contributed by atoms with van der Waals surface area (Å²) in [4.78, 5) is 22.6. The molecule has 2 aromatic heterocycles. The van der Waals surface area contributed by atoms with Gasteiger partial charge in [0.1, 0.15) is 11.9 Å². The van der Waals surface area contributed by atoms with Crippen LogP contribution in [-0.4, -0.2) is 27.0 Å². The Hall–Kier alpha value is -2.60. The highest BCUT2D eigenvalue weighted by molar-refractivity contribution is 6.42. The van der Waals surface area contributed by atoms with E-state index in [1.54, 1.807) is 18.3 Å². The number of carbonyl (C=O) groups is 1. The van der Waals surface area contributed by atoms with Gasteiger partial charge in [-0.1, -0.05) is 72.4 Å². The third-order valence-electron chi connectivity index (χ3n) is 5.69. The van der Waals surface area contributed by atoms with E-state index in [1.165, 1.54) is 0 Å². The van der Waals surface area contributed by atoms with Crippen LogP contribution in [0.3, 0.4) is 0 Å². The molecule has 8 heteroatoms. The van der Waals surface area contributed by atoms with E-state index in [0.717, 1.165) is 29.0 Å². The molecule has 0 saturated heterocycles. The Bertz CT molecular complexity index is 1290. The van der Waals surface area contributed by atoms with Crippen LogP contribution in [-0.2, 0) is 17.6 Å². The topological polar surface area (TPSA) is 59.8 Å². The lowest BCUT2D eigenvalue weighted by atomic mass is 10.1. The SMILES string of the molecule is CCC[C@H](C(=O)NCCc1ccccn1)n1c(Cc2ccccc2Cl)nc2cc(Cl)c(Cl)cc21. The molecule has 5 nitrogen and oxygen atoms in total. The zero-order valence-corrected chi connectivity index (χ0v) is 21.0. The summed E-state index contributed by atoms with van der Waals surface area (Å²) in [5.74, 6) is 0.670. The van der Waals surface area contributed by atoms with Gasteiger partial charge in [0, 0.05) is 36.3 Å². The number of fused-ring (bicyclic) bond motifs is 1. The summed E-state index contributed by atoms with van der Waals surface area (Å²) in [5, 5.41) is 4.59. The van der Waals surface area contributed by atoms with Crippen molar-refractivity contribution in [3.8, 4) is 0 Å². The van der Waals surface area contributed by atoms with Gasteiger partial charge in [0.15, 0.2) is 0 Å². The minimum atomic E-state index is -0.450. The van der Waals surface area contributed by atoms with Crippen LogP contribution in [0.5, 0.6) is 0 Å². The highest BCUT2D eigenvalue weighted by atomic mass is 35.5. The van der Waals surface area contributed by atoms with Gasteiger partial charge in [-0.05, 0) is 42.3 Å². The maximum atomic E-state index is 13.4. The molecule has 0 spiro atoms. The van der Waals surface area contributed by atoms with E-state index in [4.69, 9.17) is 39.8 Å². The molecule has 0 radical (unpaired) electrons. The number of nitrogens with one attached hydrogen (secondary N) is 1. The first-order valence-electron chi connectivity index (χ1n) is 11.2. The van der Waals surface area contributed by atoms with Crippen molar-refractivity contribution in [1.29, 1.82) is 0 Å². The van der Waals surface area contributed by atoms with Crippen LogP contribution in [0, 0.1) is 0 Å². The molecule has 34 heavy (non-hydrogen) atoms. The van der Waals surface area contributed by atoms with Gasteiger partial charge in [-0.25, -0.2) is 4.98 Å². The number of hydrogen-bond donors (Lipinski definition) is 1. The predicted molar refractivity (Wildman–Crippen MR) is 139 cm³/mol. The third-order valence-corrected chi connectivity index (χ3v) is 6.78. The monoisotopic (exact) mass is 514 g/mol. The van der Waals surface area contributed by atoms with E-state index in [0.29, 0.717) is 46.4 Å². The van der Waals surface area contributed by atoms with Crippen LogP contribution in [0.4, 0.5) is 0 Å². The van der Waals surface area contributed by atoms with Crippen LogP contribution in [0.25, 0.3) is 11.0 Å². The largest absolute Gasteiger partial charge is 0.354 e. The molecule has 4 aromatic rings. The molecule has 0 unspecified atom stereocenters. The average Bonchev–Trinajstić information content (AvgIpc) is 3.16. The first-order valence-corrected chi connectivity index (χ1v) is 12.4. The molecule has 1 amide bonds. The van der Waals surface area contributed by atoms with Crippen molar-refractivity contribution in [2.75, 3.05) is 6.54 Å². The lowest BCUT2D eigenvalue weighted by molar-refractivity contribution is -0.124. The van der Waals surface area contributed by atoms with Crippen LogP contribution in [0.1, 0.15) is 42.9 Å². The summed E-state index contributed by atoms with van der Waals surface area (Å²) in [7, 11) is 0. The van der Waals surface area contributed by atoms with E-state index in [9.17, 15) is 4.79 Å². The molecule has 2 heterocycles. The number of pyridine rings is 1. The van der Waals surface area contributed by atoms with E-state index < -0.39 is 6.04 Å². The number of imidazole rings is 1. The number of amides is 1. The number of carbonyl (C=O) groups excluding carboxylic acids is 1. The molecule has 1 atom stereocenters. The standard InChI is InChI=1S/C26H25Cl3N4O/c1-2-7-23(26(34)31-13-11-18-9-5-6-12-30-18)33-24-16-21(29)20(28)15-22(24)32-25(33)14-17-8-3-4-10-19(17)27/h3-6,8-10,12,15-16,23H,2,7,11,13-14H2,1H3,(H,31,34)/t23-/m1/s1. The van der Waals surface area contributed by atoms with Gasteiger partial charge in [-0.15, -0.1) is 0 Å². The fourth-order valence-electron chi connectivity index (χ4n) is 4.05. The zero-order chi connectivity index (χ0) is 24.1. The van der Waals surface area contributed by atoms with Crippen molar-refractivity contribution in [3.05, 3.63) is 92.9 Å². The van der Waals surface area contributed by atoms with Crippen molar-refractivity contribution in [1.82, 2.24) is 19.9 Å². The lowest BCUT2D eigenvalue weighted by Crippen LogP contribution is -2.34. The Kier molecular flexibility index (Phi) is 8.09. The van der Waals surface area contributed by atoms with Crippen molar-refractivity contribution in [3.63, 3.8) is 0 Å². The lowest BCUT2D eigenvalue weighted by Gasteiger charge is -2.21. The zero-order valence-electron chi connectivity index (χ0n) is 18.8. The summed E-state index contributed by atoms with van der Waals surface area (Å²) < 4.78 is 1.99. The van der Waals surface area contributed by atoms with E-state index in [-0.39, 0.29) is 5.91 Å². The minimum absolute atomic E-state index is 0.0661. The maximum absolute atomic E-state index is 13.4. The van der Waals surface area contributed by atoms with Crippen molar-refractivity contribution >= 4 is 51.7 Å². The van der Waals surface area contributed by atoms with Crippen molar-refractivity contribution in [2.24, 2.45) is 0 Å². The van der Waals surface area contributed by atoms with Crippen LogP contribution >= 0.6 is 34.8 Å². The molecular weight excluding hydrogens is 491 g/mol. The number of benzene rings is 2. The summed E-state index contributed by atoms with van der Waals surface area (Å²) in [6.45, 7) is 2.56. The minimum Gasteiger partial charge on any atom is -0.354 e. The average molecular weight is 516 g/mol. The fraction of sp³-hybridized carbons (Fsp3) is 0.269. The number of nitrogens with zero attached hydrogens (tertiary/aromatic N) is 3. The Labute approximate surface area is 214 Å². The van der Waals surface area contributed by atoms with E-state index in [1.807, 2.05) is 47.0 Å². The number of halogens is 3. The molecule has 4 rings (SSSR count). The fourth-order valence-corrected chi connectivity index (χ4v) is 4.57. The van der Waals surface area contributed by atoms with Gasteiger partial charge < -0.3 is 9.88 Å². The number of aromatic nitrogens is 3. The summed E-state index contributed by atoms with van der Waals surface area (Å²) in [6.07, 6.45) is 4.36. The Morgan fingerprint density at radius 1 is 1.03 bits per heavy atom. The molecule has 0 aliphatic heterocycles. The van der Waals surface area contributed by atoms with Crippen molar-refractivity contribution in [2.45, 2.75) is 38.6 Å². The second-order valence-corrected chi connectivity index (χ2v) is 9.31. The van der Waals surface area contributed by atoms with E-state index >= 15 is 0 Å². The van der Waals surface area contributed by atoms with E-state index in [2.05, 4.69) is 17.2 Å². The van der Waals surface area contributed by atoms with Gasteiger partial charge in [0.2, 0.25) is 5.91 Å². The molecule has 1 N–H and O–H groups in total. The van der Waals surface area contributed by atoms with Crippen LogP contribution in [0.2, 0.25) is 15.1 Å². The van der Waals surface area contributed by atoms with Gasteiger partial charge in [-0.2, -0.15) is 0 Å². The molecule has 0 saturated carbocycles. The quantitative estimate of drug-likeness (QED) is 0.270. The van der Waals surface area contributed by atoms with Gasteiger partial charge in [-0.3, -0.25) is 9.78 Å². The molecule has 0 aliphatic carbocycles. The number of rotatable bonds is 9. The molecular formula is C26H25Cl3N4O. The van der Waals surface area contributed by atoms with Gasteiger partial charge in [0.25, 0.3) is 0 Å². The summed E-state index contributed by atoms with van der Waals surface area (Å²) >= 11 is 19.1. The third kappa shape index (κ3) is 5.54. The van der Waals surface area contributed by atoms with Crippen LogP contribution in [0.15, 0.2) is 60.8 Å². The summed E-state index contributed by atoms with van der Waals surface area (Å²) in [6, 6.07) is 16.5. The summed E-state index contributed by atoms with van der Waals surface area (Å²) in [5.41, 5.74) is 3.33. The van der Waals surface area contributed by atoms with Gasteiger partial charge in [0.05, 0.1) is 21.1 Å². The predicted octanol–water partition coefficient (Wildman–Crippen LogP) is 6.68. The second-order valence-electron chi connectivity index (χ2n) is 8.09. The molecule has 176 valence electrons. The van der Waals surface area contributed by atoms with Gasteiger partial charge >= 0.3 is 0 Å². The smallest absolute Gasteiger partial charge is 0.243 e. The van der Waals surface area contributed by atoms with Crippen LogP contribution < -0.4 is 5.32 Å². The highest BCUT2D eigenvalue weighted by Gasteiger charge is 2.26. The molecule has 0 fully saturated rings. The highest BCUT2D eigenvalue weighted by Crippen LogP contribution is 2.33. The first-order chi connectivity index (χ1) is 16.5. The Morgan fingerprint density at radius 3 is 2.53 bits per heavy atom. The second kappa shape index (κ2) is 11.2. The Balaban J connectivity index is 1.69. The molecule has 0 bridgehead atoms. The number of hydrogen-bond acceptors (Lipinski definition) is 3. The maximum Gasteiger partial charge on any atom is 0.243 e. The van der Waals surface area contributed by atoms with Crippen molar-refractivity contribution < 1.29 is 4.79 Å². The molecule has 0 aliphatic rings. The Morgan fingerprint density at radius 2 is 1.79 bits per heavy atom. The normalized spacial score (nSPS) is 12.1. The first kappa shape index (κ1) is 24.5.